The van der Waals surface area contributed by atoms with Gasteiger partial charge in [-0.3, -0.25) is 24.4 Å². The Hall–Kier alpha value is -5.16. The SMILES string of the molecule is O=C1NCCCCN(Cc2cn[nH]c2-c2ccccc2)CCCN(C(=O)c2ccccc2)[C@H]2C[C@@H]1N(C(=O)Cc1ccc3c(c1)OCO3)C2. The maximum absolute atomic E-state index is 14.1. The smallest absolute Gasteiger partial charge is 0.254 e. The first-order valence-electron chi connectivity index (χ1n) is 17.2. The number of amides is 3. The first-order chi connectivity index (χ1) is 24.0. The summed E-state index contributed by atoms with van der Waals surface area (Å²) in [7, 11) is 0. The number of aromatic amines is 1. The van der Waals surface area contributed by atoms with Crippen molar-refractivity contribution in [3.05, 3.63) is 102 Å². The number of carbonyl (C=O) groups excluding carboxylic acids is 3. The Labute approximate surface area is 286 Å². The van der Waals surface area contributed by atoms with Crippen LogP contribution in [0.3, 0.4) is 0 Å². The second kappa shape index (κ2) is 14.9. The number of nitrogens with one attached hydrogen (secondary N) is 2. The van der Waals surface area contributed by atoms with E-state index < -0.39 is 6.04 Å². The Morgan fingerprint density at radius 1 is 0.857 bits per heavy atom. The molecule has 3 aliphatic heterocycles. The summed E-state index contributed by atoms with van der Waals surface area (Å²) in [6.45, 7) is 3.81. The number of aromatic nitrogens is 2. The summed E-state index contributed by atoms with van der Waals surface area (Å²) in [6, 6.07) is 24.0. The van der Waals surface area contributed by atoms with E-state index >= 15 is 0 Å². The fourth-order valence-electron chi connectivity index (χ4n) is 7.14. The van der Waals surface area contributed by atoms with Crippen molar-refractivity contribution in [2.75, 3.05) is 39.5 Å². The molecule has 11 heteroatoms. The van der Waals surface area contributed by atoms with E-state index in [1.54, 1.807) is 4.90 Å². The van der Waals surface area contributed by atoms with E-state index in [2.05, 4.69) is 32.5 Å². The third-order valence-corrected chi connectivity index (χ3v) is 9.66. The standard InChI is InChI=1S/C38H42N6O5/c45-35(21-27-14-15-33-34(20-27)49-26-48-33)44-25-31-22-32(44)37(46)39-16-7-8-17-42(18-9-19-43(31)38(47)29-12-5-2-6-13-29)24-30-23-40-41-36(30)28-10-3-1-4-11-28/h1-6,10-15,20,23,31-32H,7-9,16-19,21-22,24-26H2,(H,39,46)(H,40,41)/t31-,32-/m0/s1. The van der Waals surface area contributed by atoms with E-state index in [0.717, 1.165) is 54.7 Å². The minimum Gasteiger partial charge on any atom is -0.454 e. The number of rotatable bonds is 6. The molecule has 0 aliphatic carbocycles. The zero-order valence-corrected chi connectivity index (χ0v) is 27.6. The molecule has 3 amide bonds. The molecule has 0 saturated carbocycles. The van der Waals surface area contributed by atoms with Crippen molar-refractivity contribution in [2.24, 2.45) is 0 Å². The molecule has 49 heavy (non-hydrogen) atoms. The molecule has 4 aromatic rings. The van der Waals surface area contributed by atoms with Crippen LogP contribution in [0.25, 0.3) is 11.3 Å². The first-order valence-corrected chi connectivity index (χ1v) is 17.2. The minimum absolute atomic E-state index is 0.0883. The van der Waals surface area contributed by atoms with Crippen LogP contribution in [0.1, 0.15) is 47.2 Å². The van der Waals surface area contributed by atoms with Gasteiger partial charge in [-0.25, -0.2) is 0 Å². The third-order valence-electron chi connectivity index (χ3n) is 9.66. The number of carbonyl (C=O) groups is 3. The van der Waals surface area contributed by atoms with Crippen molar-refractivity contribution in [3.63, 3.8) is 0 Å². The van der Waals surface area contributed by atoms with Gasteiger partial charge in [-0.05, 0) is 67.6 Å². The predicted octanol–water partition coefficient (Wildman–Crippen LogP) is 4.26. The average molecular weight is 663 g/mol. The van der Waals surface area contributed by atoms with Crippen molar-refractivity contribution in [3.8, 4) is 22.8 Å². The Morgan fingerprint density at radius 3 is 2.47 bits per heavy atom. The molecular weight excluding hydrogens is 620 g/mol. The van der Waals surface area contributed by atoms with Gasteiger partial charge in [0.2, 0.25) is 18.6 Å². The lowest BCUT2D eigenvalue weighted by Gasteiger charge is -2.31. The van der Waals surface area contributed by atoms with Gasteiger partial charge in [-0.1, -0.05) is 54.6 Å². The molecule has 254 valence electrons. The summed E-state index contributed by atoms with van der Waals surface area (Å²) < 4.78 is 10.9. The highest BCUT2D eigenvalue weighted by molar-refractivity contribution is 5.95. The van der Waals surface area contributed by atoms with Gasteiger partial charge >= 0.3 is 0 Å². The highest BCUT2D eigenvalue weighted by Crippen LogP contribution is 2.33. The van der Waals surface area contributed by atoms with E-state index in [-0.39, 0.29) is 37.0 Å². The lowest BCUT2D eigenvalue weighted by molar-refractivity contribution is -0.138. The number of likely N-dealkylation sites (tertiary alicyclic amines) is 1. The van der Waals surface area contributed by atoms with Gasteiger partial charge in [0.25, 0.3) is 5.91 Å². The number of nitrogens with zero attached hydrogens (tertiary/aromatic N) is 4. The zero-order chi connectivity index (χ0) is 33.6. The van der Waals surface area contributed by atoms with Crippen molar-refractivity contribution >= 4 is 17.7 Å². The van der Waals surface area contributed by atoms with Crippen molar-refractivity contribution in [1.29, 1.82) is 0 Å². The van der Waals surface area contributed by atoms with Crippen molar-refractivity contribution < 1.29 is 23.9 Å². The summed E-state index contributed by atoms with van der Waals surface area (Å²) in [5, 5.41) is 10.6. The summed E-state index contributed by atoms with van der Waals surface area (Å²) in [4.78, 5) is 47.6. The molecule has 7 rings (SSSR count). The topological polar surface area (TPSA) is 120 Å². The van der Waals surface area contributed by atoms with Gasteiger partial charge in [0.05, 0.1) is 24.4 Å². The van der Waals surface area contributed by atoms with E-state index in [0.29, 0.717) is 49.7 Å². The molecule has 2 saturated heterocycles. The lowest BCUT2D eigenvalue weighted by atomic mass is 10.1. The molecule has 2 N–H and O–H groups in total. The molecule has 1 aromatic heterocycles. The van der Waals surface area contributed by atoms with Gasteiger partial charge < -0.3 is 24.6 Å². The van der Waals surface area contributed by atoms with Gasteiger partial charge in [0.1, 0.15) is 6.04 Å². The fourth-order valence-corrected chi connectivity index (χ4v) is 7.14. The maximum atomic E-state index is 14.1. The molecule has 0 unspecified atom stereocenters. The van der Waals surface area contributed by atoms with Gasteiger partial charge in [-0.2, -0.15) is 5.10 Å². The fraction of sp³-hybridized carbons (Fsp3) is 0.368. The lowest BCUT2D eigenvalue weighted by Crippen LogP contribution is -2.47. The average Bonchev–Trinajstić information content (AvgIpc) is 3.90. The van der Waals surface area contributed by atoms with Crippen LogP contribution in [-0.2, 0) is 22.6 Å². The highest BCUT2D eigenvalue weighted by atomic mass is 16.7. The van der Waals surface area contributed by atoms with Crippen molar-refractivity contribution in [1.82, 2.24) is 30.2 Å². The minimum atomic E-state index is -0.658. The van der Waals surface area contributed by atoms with E-state index in [9.17, 15) is 14.4 Å². The maximum Gasteiger partial charge on any atom is 0.254 e. The molecule has 4 heterocycles. The predicted molar refractivity (Wildman–Crippen MR) is 184 cm³/mol. The van der Waals surface area contributed by atoms with Crippen LogP contribution < -0.4 is 14.8 Å². The van der Waals surface area contributed by atoms with Gasteiger partial charge in [0.15, 0.2) is 11.5 Å². The quantitative estimate of drug-likeness (QED) is 0.317. The van der Waals surface area contributed by atoms with Crippen LogP contribution in [0.2, 0.25) is 0 Å². The van der Waals surface area contributed by atoms with Crippen LogP contribution in [0.4, 0.5) is 0 Å². The molecule has 0 radical (unpaired) electrons. The molecule has 3 aromatic carbocycles. The van der Waals surface area contributed by atoms with Crippen LogP contribution in [0.15, 0.2) is 85.1 Å². The van der Waals surface area contributed by atoms with E-state index in [4.69, 9.17) is 9.47 Å². The highest BCUT2D eigenvalue weighted by Gasteiger charge is 2.43. The van der Waals surface area contributed by atoms with E-state index in [1.807, 2.05) is 77.8 Å². The molecule has 2 fully saturated rings. The largest absolute Gasteiger partial charge is 0.454 e. The molecule has 11 nitrogen and oxygen atoms in total. The molecule has 3 aliphatic rings. The number of hydrogen-bond donors (Lipinski definition) is 2. The van der Waals surface area contributed by atoms with E-state index in [1.165, 1.54) is 0 Å². The molecule has 2 bridgehead atoms. The Bertz CT molecular complexity index is 1760. The summed E-state index contributed by atoms with van der Waals surface area (Å²) in [5.41, 5.74) is 4.60. The number of ether oxygens (including phenoxy) is 2. The van der Waals surface area contributed by atoms with Crippen LogP contribution in [-0.4, -0.2) is 94.2 Å². The monoisotopic (exact) mass is 662 g/mol. The molecular formula is C38H42N6O5. The number of benzene rings is 3. The van der Waals surface area contributed by atoms with Gasteiger partial charge in [0, 0.05) is 43.9 Å². The molecule has 0 spiro atoms. The Balaban J connectivity index is 1.11. The normalized spacial score (nSPS) is 20.1. The summed E-state index contributed by atoms with van der Waals surface area (Å²) in [6.07, 6.45) is 4.86. The Kier molecular flexibility index (Phi) is 9.88. The van der Waals surface area contributed by atoms with Gasteiger partial charge in [-0.15, -0.1) is 0 Å². The van der Waals surface area contributed by atoms with Crippen LogP contribution >= 0.6 is 0 Å². The zero-order valence-electron chi connectivity index (χ0n) is 27.6. The van der Waals surface area contributed by atoms with Crippen LogP contribution in [0.5, 0.6) is 11.5 Å². The second-order valence-electron chi connectivity index (χ2n) is 12.9. The van der Waals surface area contributed by atoms with Crippen LogP contribution in [0, 0.1) is 0 Å². The Morgan fingerprint density at radius 2 is 1.63 bits per heavy atom. The third kappa shape index (κ3) is 7.46. The summed E-state index contributed by atoms with van der Waals surface area (Å²) in [5.74, 6) is 0.853. The number of hydrogen-bond acceptors (Lipinski definition) is 7. The summed E-state index contributed by atoms with van der Waals surface area (Å²) >= 11 is 0. The second-order valence-corrected chi connectivity index (χ2v) is 12.9. The van der Waals surface area contributed by atoms with Crippen molar-refractivity contribution in [2.45, 2.75) is 50.7 Å². The molecule has 2 atom stereocenters. The number of fused-ring (bicyclic) bond motifs is 3. The first kappa shape index (κ1) is 32.4. The number of H-pyrrole nitrogens is 1.